The van der Waals surface area contributed by atoms with Crippen molar-refractivity contribution in [1.29, 1.82) is 0 Å². The summed E-state index contributed by atoms with van der Waals surface area (Å²) in [6.07, 6.45) is 1.96. The van der Waals surface area contributed by atoms with Gasteiger partial charge in [-0.15, -0.1) is 0 Å². The highest BCUT2D eigenvalue weighted by Crippen LogP contribution is 2.43. The van der Waals surface area contributed by atoms with E-state index in [2.05, 4.69) is 15.0 Å². The summed E-state index contributed by atoms with van der Waals surface area (Å²) in [6.45, 7) is 5.29. The smallest absolute Gasteiger partial charge is 0.264 e. The topological polar surface area (TPSA) is 115 Å². The number of hydrogen-bond acceptors (Lipinski definition) is 9. The molecular formula is C15H20N4O6S. The molecule has 11 heteroatoms. The Kier molecular flexibility index (Phi) is 4.04. The standard InChI is InChI=1S/C15H20N4O6S/c1-8-10-13(17-6-16-8)19(7-18-10)14-12-11(24-15(2,3)25-12)9(23-14)5-22-26(4,20)21/h6-7,9,11-12,14H,5H2,1-4H3/t9-,11-,12-,14?/m1/s1. The lowest BCUT2D eigenvalue weighted by atomic mass is 10.1. The second-order valence-corrected chi connectivity index (χ2v) is 8.55. The highest BCUT2D eigenvalue weighted by molar-refractivity contribution is 7.85. The van der Waals surface area contributed by atoms with Crippen LogP contribution in [0.2, 0.25) is 0 Å². The van der Waals surface area contributed by atoms with Crippen LogP contribution in [0.15, 0.2) is 12.7 Å². The molecule has 2 saturated heterocycles. The number of nitrogens with zero attached hydrogens (tertiary/aromatic N) is 4. The van der Waals surface area contributed by atoms with Gasteiger partial charge in [0.1, 0.15) is 30.2 Å². The van der Waals surface area contributed by atoms with Gasteiger partial charge in [0.2, 0.25) is 0 Å². The third-order valence-corrected chi connectivity index (χ3v) is 4.95. The van der Waals surface area contributed by atoms with E-state index < -0.39 is 40.4 Å². The lowest BCUT2D eigenvalue weighted by molar-refractivity contribution is -0.198. The van der Waals surface area contributed by atoms with Crippen molar-refractivity contribution in [2.75, 3.05) is 12.9 Å². The Labute approximate surface area is 150 Å². The molecular weight excluding hydrogens is 364 g/mol. The van der Waals surface area contributed by atoms with Crippen LogP contribution in [0.3, 0.4) is 0 Å². The van der Waals surface area contributed by atoms with Crippen LogP contribution in [-0.2, 0) is 28.5 Å². The lowest BCUT2D eigenvalue weighted by Crippen LogP contribution is -2.33. The summed E-state index contributed by atoms with van der Waals surface area (Å²) in [6, 6.07) is 0. The molecule has 2 aromatic rings. The van der Waals surface area contributed by atoms with Crippen LogP contribution in [0.4, 0.5) is 0 Å². The average molecular weight is 384 g/mol. The van der Waals surface area contributed by atoms with Crippen molar-refractivity contribution in [3.8, 4) is 0 Å². The van der Waals surface area contributed by atoms with Gasteiger partial charge < -0.3 is 14.2 Å². The summed E-state index contributed by atoms with van der Waals surface area (Å²) in [7, 11) is -3.60. The van der Waals surface area contributed by atoms with Crippen LogP contribution in [0.25, 0.3) is 11.2 Å². The first-order valence-corrected chi connectivity index (χ1v) is 9.96. The van der Waals surface area contributed by atoms with Gasteiger partial charge in [0.05, 0.1) is 24.9 Å². The molecule has 0 saturated carbocycles. The van der Waals surface area contributed by atoms with E-state index in [1.165, 1.54) is 6.33 Å². The maximum absolute atomic E-state index is 11.3. The van der Waals surface area contributed by atoms with Crippen LogP contribution < -0.4 is 0 Å². The molecule has 2 aromatic heterocycles. The summed E-state index contributed by atoms with van der Waals surface area (Å²) < 4.78 is 47.3. The van der Waals surface area contributed by atoms with Gasteiger partial charge in [0.15, 0.2) is 17.7 Å². The summed E-state index contributed by atoms with van der Waals surface area (Å²) in [4.78, 5) is 12.8. The normalized spacial score (nSPS) is 30.8. The molecule has 4 rings (SSSR count). The second-order valence-electron chi connectivity index (χ2n) is 6.90. The molecule has 4 atom stereocenters. The Morgan fingerprint density at radius 2 is 1.96 bits per heavy atom. The molecule has 26 heavy (non-hydrogen) atoms. The fraction of sp³-hybridized carbons (Fsp3) is 0.667. The highest BCUT2D eigenvalue weighted by Gasteiger charge is 2.56. The zero-order chi connectivity index (χ0) is 18.7. The Hall–Kier alpha value is -1.66. The number of aryl methyl sites for hydroxylation is 1. The van der Waals surface area contributed by atoms with Crippen molar-refractivity contribution in [2.45, 2.75) is 51.1 Å². The van der Waals surface area contributed by atoms with Crippen LogP contribution in [0.5, 0.6) is 0 Å². The minimum absolute atomic E-state index is 0.156. The summed E-state index contributed by atoms with van der Waals surface area (Å²) in [5.41, 5.74) is 2.03. The lowest BCUT2D eigenvalue weighted by Gasteiger charge is -2.24. The van der Waals surface area contributed by atoms with Crippen molar-refractivity contribution >= 4 is 21.3 Å². The largest absolute Gasteiger partial charge is 0.347 e. The molecule has 2 aliphatic heterocycles. The van der Waals surface area contributed by atoms with Gasteiger partial charge in [-0.2, -0.15) is 8.42 Å². The van der Waals surface area contributed by atoms with Gasteiger partial charge in [0, 0.05) is 0 Å². The van der Waals surface area contributed by atoms with Crippen LogP contribution in [-0.4, -0.2) is 64.9 Å². The van der Waals surface area contributed by atoms with E-state index in [1.54, 1.807) is 24.7 Å². The van der Waals surface area contributed by atoms with E-state index in [0.29, 0.717) is 11.2 Å². The zero-order valence-electron chi connectivity index (χ0n) is 14.8. The summed E-state index contributed by atoms with van der Waals surface area (Å²) in [5, 5.41) is 0. The number of hydrogen-bond donors (Lipinski definition) is 0. The number of imidazole rings is 1. The Morgan fingerprint density at radius 3 is 2.69 bits per heavy atom. The van der Waals surface area contributed by atoms with Crippen LogP contribution in [0, 0.1) is 6.92 Å². The molecule has 0 radical (unpaired) electrons. The summed E-state index contributed by atoms with van der Waals surface area (Å²) >= 11 is 0. The van der Waals surface area contributed by atoms with E-state index >= 15 is 0 Å². The first kappa shape index (κ1) is 17.7. The van der Waals surface area contributed by atoms with Crippen LogP contribution >= 0.6 is 0 Å². The van der Waals surface area contributed by atoms with Gasteiger partial charge in [-0.05, 0) is 20.8 Å². The molecule has 2 fully saturated rings. The predicted octanol–water partition coefficient (Wildman–Crippen LogP) is 0.528. The zero-order valence-corrected chi connectivity index (χ0v) is 15.6. The molecule has 0 aliphatic carbocycles. The predicted molar refractivity (Wildman–Crippen MR) is 88.6 cm³/mol. The Bertz CT molecular complexity index is 943. The molecule has 4 heterocycles. The Morgan fingerprint density at radius 1 is 1.23 bits per heavy atom. The molecule has 10 nitrogen and oxygen atoms in total. The van der Waals surface area contributed by atoms with Crippen molar-refractivity contribution in [2.24, 2.45) is 0 Å². The van der Waals surface area contributed by atoms with E-state index in [-0.39, 0.29) is 6.61 Å². The van der Waals surface area contributed by atoms with Gasteiger partial charge >= 0.3 is 0 Å². The monoisotopic (exact) mass is 384 g/mol. The first-order chi connectivity index (χ1) is 12.1. The second kappa shape index (κ2) is 5.92. The van der Waals surface area contributed by atoms with Crippen molar-refractivity contribution < 1.29 is 26.8 Å². The fourth-order valence-corrected chi connectivity index (χ4v) is 3.74. The third kappa shape index (κ3) is 3.09. The molecule has 0 amide bonds. The maximum atomic E-state index is 11.3. The van der Waals surface area contributed by atoms with Gasteiger partial charge in [-0.1, -0.05) is 0 Å². The van der Waals surface area contributed by atoms with Gasteiger partial charge in [-0.25, -0.2) is 15.0 Å². The van der Waals surface area contributed by atoms with E-state index in [0.717, 1.165) is 11.9 Å². The minimum atomic E-state index is -3.60. The molecule has 1 unspecified atom stereocenters. The maximum Gasteiger partial charge on any atom is 0.264 e. The van der Waals surface area contributed by atoms with E-state index in [1.807, 2.05) is 6.92 Å². The van der Waals surface area contributed by atoms with Crippen molar-refractivity contribution in [3.05, 3.63) is 18.3 Å². The van der Waals surface area contributed by atoms with Crippen LogP contribution in [0.1, 0.15) is 25.8 Å². The molecule has 0 aromatic carbocycles. The quantitative estimate of drug-likeness (QED) is 0.696. The molecule has 0 bridgehead atoms. The van der Waals surface area contributed by atoms with E-state index in [4.69, 9.17) is 18.4 Å². The molecule has 0 spiro atoms. The van der Waals surface area contributed by atoms with Gasteiger partial charge in [-0.3, -0.25) is 8.75 Å². The third-order valence-electron chi connectivity index (χ3n) is 4.39. The van der Waals surface area contributed by atoms with Crippen molar-refractivity contribution in [3.63, 3.8) is 0 Å². The fourth-order valence-electron chi connectivity index (χ4n) is 3.36. The number of fused-ring (bicyclic) bond motifs is 2. The minimum Gasteiger partial charge on any atom is -0.347 e. The number of ether oxygens (including phenoxy) is 3. The molecule has 142 valence electrons. The molecule has 2 aliphatic rings. The average Bonchev–Trinajstić information content (AvgIpc) is 3.16. The molecule has 0 N–H and O–H groups in total. The van der Waals surface area contributed by atoms with E-state index in [9.17, 15) is 8.42 Å². The van der Waals surface area contributed by atoms with Crippen molar-refractivity contribution in [1.82, 2.24) is 19.5 Å². The number of aromatic nitrogens is 4. The van der Waals surface area contributed by atoms with Gasteiger partial charge in [0.25, 0.3) is 10.1 Å². The Balaban J connectivity index is 1.68. The number of rotatable bonds is 4. The first-order valence-electron chi connectivity index (χ1n) is 8.14. The highest BCUT2D eigenvalue weighted by atomic mass is 32.2. The summed E-state index contributed by atoms with van der Waals surface area (Å²) in [5.74, 6) is -0.817. The SMILES string of the molecule is Cc1ncnc2c1ncn2C1O[C@H](COS(C)(=O)=O)[C@H]2OC(C)(C)O[C@@H]12.